The molecule has 1 N–H and O–H groups in total. The number of carbonyl (C=O) groups excluding carboxylic acids is 2. The molecule has 3 rings (SSSR count). The minimum absolute atomic E-state index is 0.0675. The van der Waals surface area contributed by atoms with Gasteiger partial charge in [-0.05, 0) is 50.5 Å². The number of likely N-dealkylation sites (tertiary alicyclic amines) is 1. The van der Waals surface area contributed by atoms with Crippen molar-refractivity contribution in [1.29, 1.82) is 0 Å². The number of benzene rings is 2. The summed E-state index contributed by atoms with van der Waals surface area (Å²) in [6.07, 6.45) is 2.33. The predicted molar refractivity (Wildman–Crippen MR) is 111 cm³/mol. The van der Waals surface area contributed by atoms with Crippen molar-refractivity contribution in [3.05, 3.63) is 58.1 Å². The van der Waals surface area contributed by atoms with Crippen LogP contribution in [0.4, 0.5) is 5.69 Å². The molecule has 7 heteroatoms. The van der Waals surface area contributed by atoms with Crippen molar-refractivity contribution in [2.45, 2.75) is 32.3 Å². The molecule has 28 heavy (non-hydrogen) atoms. The van der Waals surface area contributed by atoms with E-state index in [2.05, 4.69) is 5.32 Å². The molecule has 2 amide bonds. The number of hydrogen-bond donors (Lipinski definition) is 1. The van der Waals surface area contributed by atoms with Gasteiger partial charge in [0, 0.05) is 13.1 Å². The van der Waals surface area contributed by atoms with Crippen LogP contribution in [0.25, 0.3) is 0 Å². The summed E-state index contributed by atoms with van der Waals surface area (Å²) in [6.45, 7) is 3.10. The maximum atomic E-state index is 12.9. The fourth-order valence-corrected chi connectivity index (χ4v) is 3.44. The lowest BCUT2D eigenvalue weighted by molar-refractivity contribution is -0.122. The molecule has 0 spiro atoms. The third-order valence-corrected chi connectivity index (χ3v) is 5.45. The normalized spacial score (nSPS) is 15.0. The minimum atomic E-state index is -0.825. The molecular formula is C21H22Cl2N2O3. The molecule has 1 atom stereocenters. The Balaban J connectivity index is 1.71. The van der Waals surface area contributed by atoms with Gasteiger partial charge in [-0.1, -0.05) is 41.4 Å². The van der Waals surface area contributed by atoms with Crippen molar-refractivity contribution in [3.8, 4) is 5.75 Å². The van der Waals surface area contributed by atoms with Crippen LogP contribution < -0.4 is 10.1 Å². The molecule has 1 aliphatic rings. The molecule has 1 heterocycles. The topological polar surface area (TPSA) is 58.6 Å². The zero-order chi connectivity index (χ0) is 20.1. The van der Waals surface area contributed by atoms with Crippen LogP contribution in [0, 0.1) is 0 Å². The Kier molecular flexibility index (Phi) is 6.81. The van der Waals surface area contributed by atoms with Crippen LogP contribution in [0.1, 0.15) is 36.5 Å². The number of carbonyl (C=O) groups is 2. The highest BCUT2D eigenvalue weighted by atomic mass is 35.5. The van der Waals surface area contributed by atoms with E-state index >= 15 is 0 Å². The molecule has 148 valence electrons. The number of para-hydroxylation sites is 1. The number of amides is 2. The monoisotopic (exact) mass is 420 g/mol. The van der Waals surface area contributed by atoms with Gasteiger partial charge in [-0.25, -0.2) is 0 Å². The zero-order valence-corrected chi connectivity index (χ0v) is 17.1. The van der Waals surface area contributed by atoms with E-state index in [0.29, 0.717) is 22.0 Å². The number of ether oxygens (including phenoxy) is 1. The summed E-state index contributed by atoms with van der Waals surface area (Å²) in [5, 5.41) is 3.40. The van der Waals surface area contributed by atoms with Crippen LogP contribution in [0.2, 0.25) is 10.0 Å². The highest BCUT2D eigenvalue weighted by Crippen LogP contribution is 2.32. The molecule has 1 aliphatic heterocycles. The third-order valence-electron chi connectivity index (χ3n) is 4.65. The number of rotatable bonds is 5. The lowest BCUT2D eigenvalue weighted by Gasteiger charge is -2.27. The maximum Gasteiger partial charge on any atom is 0.265 e. The number of nitrogens with one attached hydrogen (secondary N) is 1. The van der Waals surface area contributed by atoms with Gasteiger partial charge in [0.05, 0.1) is 16.3 Å². The third kappa shape index (κ3) is 4.78. The SMILES string of the molecule is CC(Oc1cccc(Cl)c1Cl)C(=O)Nc1ccccc1C(=O)N1CCCCC1. The van der Waals surface area contributed by atoms with Crippen LogP contribution in [-0.4, -0.2) is 35.9 Å². The Morgan fingerprint density at radius 1 is 1.04 bits per heavy atom. The van der Waals surface area contributed by atoms with E-state index in [0.717, 1.165) is 32.4 Å². The average Bonchev–Trinajstić information content (AvgIpc) is 2.72. The molecule has 1 unspecified atom stereocenters. The highest BCUT2D eigenvalue weighted by molar-refractivity contribution is 6.42. The lowest BCUT2D eigenvalue weighted by Crippen LogP contribution is -2.36. The summed E-state index contributed by atoms with van der Waals surface area (Å²) < 4.78 is 5.65. The van der Waals surface area contributed by atoms with E-state index in [-0.39, 0.29) is 16.8 Å². The van der Waals surface area contributed by atoms with Crippen molar-refractivity contribution in [1.82, 2.24) is 4.90 Å². The van der Waals surface area contributed by atoms with E-state index in [1.807, 2.05) is 4.90 Å². The van der Waals surface area contributed by atoms with Crippen molar-refractivity contribution >= 4 is 40.7 Å². The van der Waals surface area contributed by atoms with Gasteiger partial charge < -0.3 is 15.0 Å². The summed E-state index contributed by atoms with van der Waals surface area (Å²) in [5.41, 5.74) is 0.946. The second-order valence-corrected chi connectivity index (χ2v) is 7.48. The fourth-order valence-electron chi connectivity index (χ4n) is 3.10. The van der Waals surface area contributed by atoms with Crippen molar-refractivity contribution < 1.29 is 14.3 Å². The van der Waals surface area contributed by atoms with Gasteiger partial charge in [0.1, 0.15) is 10.8 Å². The van der Waals surface area contributed by atoms with Crippen molar-refractivity contribution in [2.75, 3.05) is 18.4 Å². The zero-order valence-electron chi connectivity index (χ0n) is 15.6. The number of piperidine rings is 1. The predicted octanol–water partition coefficient (Wildman–Crippen LogP) is 5.03. The van der Waals surface area contributed by atoms with Gasteiger partial charge in [0.15, 0.2) is 6.10 Å². The van der Waals surface area contributed by atoms with Crippen LogP contribution in [0.5, 0.6) is 5.75 Å². The summed E-state index contributed by atoms with van der Waals surface area (Å²) in [4.78, 5) is 27.3. The lowest BCUT2D eigenvalue weighted by atomic mass is 10.1. The van der Waals surface area contributed by atoms with Gasteiger partial charge in [-0.15, -0.1) is 0 Å². The summed E-state index contributed by atoms with van der Waals surface area (Å²) in [6, 6.07) is 12.0. The Morgan fingerprint density at radius 2 is 1.75 bits per heavy atom. The van der Waals surface area contributed by atoms with Crippen molar-refractivity contribution in [2.24, 2.45) is 0 Å². The number of nitrogens with zero attached hydrogens (tertiary/aromatic N) is 1. The Bertz CT molecular complexity index is 866. The molecule has 2 aromatic rings. The van der Waals surface area contributed by atoms with E-state index in [4.69, 9.17) is 27.9 Å². The van der Waals surface area contributed by atoms with Crippen LogP contribution in [-0.2, 0) is 4.79 Å². The quantitative estimate of drug-likeness (QED) is 0.737. The van der Waals surface area contributed by atoms with E-state index < -0.39 is 6.10 Å². The Labute approximate surface area is 174 Å². The molecule has 0 aliphatic carbocycles. The molecule has 1 fully saturated rings. The molecule has 0 radical (unpaired) electrons. The second-order valence-electron chi connectivity index (χ2n) is 6.70. The van der Waals surface area contributed by atoms with Crippen LogP contribution >= 0.6 is 23.2 Å². The Hall–Kier alpha value is -2.24. The van der Waals surface area contributed by atoms with Crippen LogP contribution in [0.15, 0.2) is 42.5 Å². The molecule has 0 aromatic heterocycles. The summed E-state index contributed by atoms with van der Waals surface area (Å²) in [5.74, 6) is -0.119. The van der Waals surface area contributed by atoms with Gasteiger partial charge in [0.25, 0.3) is 11.8 Å². The van der Waals surface area contributed by atoms with Gasteiger partial charge in [0.2, 0.25) is 0 Å². The molecular weight excluding hydrogens is 399 g/mol. The molecule has 5 nitrogen and oxygen atoms in total. The number of halogens is 2. The highest BCUT2D eigenvalue weighted by Gasteiger charge is 2.23. The van der Waals surface area contributed by atoms with Crippen LogP contribution in [0.3, 0.4) is 0 Å². The molecule has 0 bridgehead atoms. The Morgan fingerprint density at radius 3 is 2.50 bits per heavy atom. The average molecular weight is 421 g/mol. The second kappa shape index (κ2) is 9.30. The number of anilines is 1. The van der Waals surface area contributed by atoms with Gasteiger partial charge in [-0.3, -0.25) is 9.59 Å². The standard InChI is InChI=1S/C21H22Cl2N2O3/c1-14(28-18-11-7-9-16(22)19(18)23)20(26)24-17-10-4-3-8-15(17)21(27)25-12-5-2-6-13-25/h3-4,7-11,14H,2,5-6,12-13H2,1H3,(H,24,26). The number of hydrogen-bond acceptors (Lipinski definition) is 3. The minimum Gasteiger partial charge on any atom is -0.479 e. The first kappa shape index (κ1) is 20.5. The maximum absolute atomic E-state index is 12.9. The van der Waals surface area contributed by atoms with E-state index in [9.17, 15) is 9.59 Å². The first-order valence-corrected chi connectivity index (χ1v) is 10.0. The first-order valence-electron chi connectivity index (χ1n) is 9.27. The van der Waals surface area contributed by atoms with E-state index in [1.165, 1.54) is 0 Å². The van der Waals surface area contributed by atoms with Gasteiger partial charge in [-0.2, -0.15) is 0 Å². The summed E-state index contributed by atoms with van der Waals surface area (Å²) in [7, 11) is 0. The molecule has 1 saturated heterocycles. The first-order chi connectivity index (χ1) is 13.5. The van der Waals surface area contributed by atoms with E-state index in [1.54, 1.807) is 49.4 Å². The smallest absolute Gasteiger partial charge is 0.265 e. The van der Waals surface area contributed by atoms with Crippen molar-refractivity contribution in [3.63, 3.8) is 0 Å². The van der Waals surface area contributed by atoms with Gasteiger partial charge >= 0.3 is 0 Å². The molecule has 2 aromatic carbocycles. The molecule has 0 saturated carbocycles. The summed E-state index contributed by atoms with van der Waals surface area (Å²) >= 11 is 12.1. The fraction of sp³-hybridized carbons (Fsp3) is 0.333. The largest absolute Gasteiger partial charge is 0.479 e.